The van der Waals surface area contributed by atoms with Gasteiger partial charge in [0.05, 0.1) is 5.56 Å². The number of rotatable bonds is 1. The monoisotopic (exact) mass is 301 g/mol. The molecule has 0 saturated heterocycles. The maximum absolute atomic E-state index is 12.7. The molecule has 20 heavy (non-hydrogen) atoms. The van der Waals surface area contributed by atoms with Gasteiger partial charge in [0.2, 0.25) is 4.96 Å². The maximum Gasteiger partial charge on any atom is 0.453 e. The van der Waals surface area contributed by atoms with Crippen molar-refractivity contribution in [3.8, 4) is 16.3 Å². The molecule has 10 heteroatoms. The summed E-state index contributed by atoms with van der Waals surface area (Å²) in [6.45, 7) is 0. The first-order valence-electron chi connectivity index (χ1n) is 5.24. The molecule has 0 spiro atoms. The van der Waals surface area contributed by atoms with Crippen LogP contribution in [0.25, 0.3) is 15.5 Å². The standard InChI is InChI=1S/C10H6F3N5OS/c11-10(12,13)8-15-16-9-18(8)17-7(20-9)5-2-1-4(14)3-6(5)19/h1-3,19H,14H2. The van der Waals surface area contributed by atoms with E-state index >= 15 is 0 Å². The molecule has 0 saturated carbocycles. The minimum absolute atomic E-state index is 0.0106. The van der Waals surface area contributed by atoms with Gasteiger partial charge in [-0.3, -0.25) is 0 Å². The maximum atomic E-state index is 12.7. The predicted octanol–water partition coefficient (Wildman–Crippen LogP) is 2.16. The van der Waals surface area contributed by atoms with Crippen molar-refractivity contribution in [2.24, 2.45) is 0 Å². The molecule has 0 aliphatic rings. The average molecular weight is 301 g/mol. The molecule has 3 aromatic rings. The molecular weight excluding hydrogens is 295 g/mol. The third-order valence-electron chi connectivity index (χ3n) is 2.50. The van der Waals surface area contributed by atoms with Gasteiger partial charge in [-0.25, -0.2) is 0 Å². The average Bonchev–Trinajstić information content (AvgIpc) is 2.86. The SMILES string of the molecule is Nc1ccc(-c2nn3c(C(F)(F)F)nnc3s2)c(O)c1. The Morgan fingerprint density at radius 2 is 2.00 bits per heavy atom. The van der Waals surface area contributed by atoms with Gasteiger partial charge in [-0.15, -0.1) is 10.2 Å². The van der Waals surface area contributed by atoms with Gasteiger partial charge in [-0.05, 0) is 12.1 Å². The normalized spacial score (nSPS) is 12.2. The fraction of sp³-hybridized carbons (Fsp3) is 0.100. The number of hydrogen-bond donors (Lipinski definition) is 2. The zero-order valence-electron chi connectivity index (χ0n) is 9.59. The van der Waals surface area contributed by atoms with E-state index in [4.69, 9.17) is 5.73 Å². The lowest BCUT2D eigenvalue weighted by Crippen LogP contribution is -2.11. The van der Waals surface area contributed by atoms with Crippen molar-refractivity contribution in [3.63, 3.8) is 0 Å². The van der Waals surface area contributed by atoms with Crippen LogP contribution < -0.4 is 5.73 Å². The van der Waals surface area contributed by atoms with Crippen LogP contribution in [0.4, 0.5) is 18.9 Å². The summed E-state index contributed by atoms with van der Waals surface area (Å²) in [6.07, 6.45) is -4.64. The third-order valence-corrected chi connectivity index (χ3v) is 3.43. The summed E-state index contributed by atoms with van der Waals surface area (Å²) in [7, 11) is 0. The second-order valence-corrected chi connectivity index (χ2v) is 4.86. The lowest BCUT2D eigenvalue weighted by atomic mass is 10.2. The molecule has 0 amide bonds. The van der Waals surface area contributed by atoms with Crippen molar-refractivity contribution in [3.05, 3.63) is 24.0 Å². The number of fused-ring (bicyclic) bond motifs is 1. The quantitative estimate of drug-likeness (QED) is 0.672. The van der Waals surface area contributed by atoms with Crippen LogP contribution in [0.2, 0.25) is 0 Å². The van der Waals surface area contributed by atoms with Gasteiger partial charge in [0.1, 0.15) is 5.75 Å². The molecule has 3 N–H and O–H groups in total. The molecular formula is C10H6F3N5OS. The summed E-state index contributed by atoms with van der Waals surface area (Å²) in [5, 5.41) is 20.2. The molecule has 0 aliphatic carbocycles. The number of alkyl halides is 3. The number of nitrogens with zero attached hydrogens (tertiary/aromatic N) is 4. The Hall–Kier alpha value is -2.36. The second kappa shape index (κ2) is 4.07. The molecule has 1 aromatic carbocycles. The van der Waals surface area contributed by atoms with E-state index in [1.54, 1.807) is 0 Å². The smallest absolute Gasteiger partial charge is 0.453 e. The molecule has 104 valence electrons. The van der Waals surface area contributed by atoms with Gasteiger partial charge < -0.3 is 10.8 Å². The Bertz CT molecular complexity index is 794. The number of halogens is 3. The summed E-state index contributed by atoms with van der Waals surface area (Å²) in [5.74, 6) is -1.37. The van der Waals surface area contributed by atoms with Crippen molar-refractivity contribution in [1.29, 1.82) is 0 Å². The van der Waals surface area contributed by atoms with Crippen molar-refractivity contribution in [2.75, 3.05) is 5.73 Å². The van der Waals surface area contributed by atoms with Crippen LogP contribution in [0.1, 0.15) is 5.82 Å². The third kappa shape index (κ3) is 1.93. The van der Waals surface area contributed by atoms with E-state index in [2.05, 4.69) is 15.3 Å². The first-order chi connectivity index (χ1) is 9.36. The molecule has 0 bridgehead atoms. The summed E-state index contributed by atoms with van der Waals surface area (Å²) in [5.41, 5.74) is 6.11. The molecule has 0 aliphatic heterocycles. The van der Waals surface area contributed by atoms with Crippen molar-refractivity contribution < 1.29 is 18.3 Å². The largest absolute Gasteiger partial charge is 0.507 e. The molecule has 6 nitrogen and oxygen atoms in total. The van der Waals surface area contributed by atoms with Crippen LogP contribution in [0, 0.1) is 0 Å². The molecule has 2 aromatic heterocycles. The lowest BCUT2D eigenvalue weighted by Gasteiger charge is -2.02. The number of nitrogens with two attached hydrogens (primary N) is 1. The fourth-order valence-corrected chi connectivity index (χ4v) is 2.51. The molecule has 0 fully saturated rings. The van der Waals surface area contributed by atoms with E-state index in [0.717, 1.165) is 11.3 Å². The van der Waals surface area contributed by atoms with Gasteiger partial charge >= 0.3 is 6.18 Å². The van der Waals surface area contributed by atoms with Crippen molar-refractivity contribution >= 4 is 22.0 Å². The Kier molecular flexibility index (Phi) is 2.57. The van der Waals surface area contributed by atoms with E-state index in [0.29, 0.717) is 10.2 Å². The number of phenols is 1. The minimum Gasteiger partial charge on any atom is -0.507 e. The van der Waals surface area contributed by atoms with E-state index in [9.17, 15) is 18.3 Å². The Labute approximate surface area is 113 Å². The number of anilines is 1. The van der Waals surface area contributed by atoms with E-state index in [-0.39, 0.29) is 21.3 Å². The van der Waals surface area contributed by atoms with Crippen molar-refractivity contribution in [1.82, 2.24) is 19.8 Å². The van der Waals surface area contributed by atoms with Crippen LogP contribution >= 0.6 is 11.3 Å². The molecule has 0 unspecified atom stereocenters. The summed E-state index contributed by atoms with van der Waals surface area (Å²) in [4.78, 5) is -0.0106. The van der Waals surface area contributed by atoms with Gasteiger partial charge in [-0.2, -0.15) is 22.8 Å². The highest BCUT2D eigenvalue weighted by Gasteiger charge is 2.38. The van der Waals surface area contributed by atoms with Crippen molar-refractivity contribution in [2.45, 2.75) is 6.18 Å². The highest BCUT2D eigenvalue weighted by atomic mass is 32.1. The summed E-state index contributed by atoms with van der Waals surface area (Å²) < 4.78 is 38.6. The van der Waals surface area contributed by atoms with E-state index < -0.39 is 12.0 Å². The van der Waals surface area contributed by atoms with Gasteiger partial charge in [0.15, 0.2) is 5.01 Å². The zero-order chi connectivity index (χ0) is 14.5. The number of benzene rings is 1. The molecule has 2 heterocycles. The lowest BCUT2D eigenvalue weighted by molar-refractivity contribution is -0.146. The van der Waals surface area contributed by atoms with Crippen LogP contribution in [0.3, 0.4) is 0 Å². The van der Waals surface area contributed by atoms with Gasteiger partial charge in [0, 0.05) is 11.8 Å². The van der Waals surface area contributed by atoms with Crippen LogP contribution in [0.5, 0.6) is 5.75 Å². The molecule has 3 rings (SSSR count). The predicted molar refractivity (Wildman–Crippen MR) is 65.2 cm³/mol. The van der Waals surface area contributed by atoms with Gasteiger partial charge in [-0.1, -0.05) is 11.3 Å². The van der Waals surface area contributed by atoms with Crippen LogP contribution in [-0.2, 0) is 6.18 Å². The summed E-state index contributed by atoms with van der Waals surface area (Å²) >= 11 is 0.885. The fourth-order valence-electron chi connectivity index (χ4n) is 1.63. The minimum atomic E-state index is -4.64. The Balaban J connectivity index is 2.16. The zero-order valence-corrected chi connectivity index (χ0v) is 10.4. The topological polar surface area (TPSA) is 89.3 Å². The number of phenolic OH excluding ortho intramolecular Hbond substituents is 1. The number of aromatic nitrogens is 4. The molecule has 0 radical (unpaired) electrons. The van der Waals surface area contributed by atoms with E-state index in [1.807, 2.05) is 0 Å². The number of hydrogen-bond acceptors (Lipinski definition) is 6. The first-order valence-corrected chi connectivity index (χ1v) is 6.06. The second-order valence-electron chi connectivity index (χ2n) is 3.90. The highest BCUT2D eigenvalue weighted by Crippen LogP contribution is 2.35. The van der Waals surface area contributed by atoms with Gasteiger partial charge in [0.25, 0.3) is 5.82 Å². The van der Waals surface area contributed by atoms with E-state index in [1.165, 1.54) is 18.2 Å². The number of nitrogen functional groups attached to an aromatic ring is 1. The Morgan fingerprint density at radius 3 is 2.65 bits per heavy atom. The van der Waals surface area contributed by atoms with Crippen LogP contribution in [-0.4, -0.2) is 24.9 Å². The van der Waals surface area contributed by atoms with Crippen LogP contribution in [0.15, 0.2) is 18.2 Å². The highest BCUT2D eigenvalue weighted by molar-refractivity contribution is 7.19. The summed E-state index contributed by atoms with van der Waals surface area (Å²) in [6, 6.07) is 4.29. The first kappa shape index (κ1) is 12.7. The number of aromatic hydroxyl groups is 1. The Morgan fingerprint density at radius 1 is 1.25 bits per heavy atom. The molecule has 0 atom stereocenters.